The minimum Gasteiger partial charge on any atom is -0.330 e. The fourth-order valence-corrected chi connectivity index (χ4v) is 0.630. The maximum absolute atomic E-state index is 9.65. The Kier molecular flexibility index (Phi) is 5.97. The van der Waals surface area contributed by atoms with Crippen molar-refractivity contribution in [1.29, 1.82) is 0 Å². The zero-order chi connectivity index (χ0) is 7.82. The molecule has 0 rings (SSSR count). The molecule has 0 radical (unpaired) electrons. The maximum Gasteiger partial charge on any atom is 0.236 e. The Morgan fingerprint density at radius 3 is 2.70 bits per heavy atom. The van der Waals surface area contributed by atoms with Crippen LogP contribution in [0.2, 0.25) is 0 Å². The van der Waals surface area contributed by atoms with E-state index < -0.39 is 0 Å². The van der Waals surface area contributed by atoms with E-state index in [0.29, 0.717) is 13.0 Å². The molecule has 0 aromatic carbocycles. The van der Waals surface area contributed by atoms with Gasteiger partial charge in [-0.25, -0.2) is 4.79 Å². The summed E-state index contributed by atoms with van der Waals surface area (Å²) in [5.74, 6) is 0. The standard InChI is InChI=1S/C6H13N3O/c7-4-2-1-3-6(8)9-5-10/h6H,1-4,7-8H2. The molecule has 0 bridgehead atoms. The van der Waals surface area contributed by atoms with Crippen molar-refractivity contribution in [1.82, 2.24) is 0 Å². The molecule has 4 nitrogen and oxygen atoms in total. The first-order valence-electron chi connectivity index (χ1n) is 3.34. The fraction of sp³-hybridized carbons (Fsp3) is 0.833. The topological polar surface area (TPSA) is 81.5 Å². The van der Waals surface area contributed by atoms with Gasteiger partial charge in [0, 0.05) is 0 Å². The van der Waals surface area contributed by atoms with E-state index in [-0.39, 0.29) is 6.17 Å². The molecule has 0 fully saturated rings. The van der Waals surface area contributed by atoms with Gasteiger partial charge in [0.15, 0.2) is 0 Å². The Hall–Kier alpha value is -0.700. The van der Waals surface area contributed by atoms with Crippen molar-refractivity contribution in [2.75, 3.05) is 6.54 Å². The molecule has 0 aliphatic heterocycles. The number of hydrogen-bond donors (Lipinski definition) is 2. The van der Waals surface area contributed by atoms with Gasteiger partial charge in [-0.15, -0.1) is 0 Å². The lowest BCUT2D eigenvalue weighted by Gasteiger charge is -2.01. The molecule has 0 amide bonds. The van der Waals surface area contributed by atoms with E-state index in [1.807, 2.05) is 0 Å². The molecule has 0 aliphatic rings. The molecule has 0 spiro atoms. The maximum atomic E-state index is 9.65. The van der Waals surface area contributed by atoms with Crippen molar-refractivity contribution >= 4 is 6.08 Å². The van der Waals surface area contributed by atoms with Crippen molar-refractivity contribution in [3.05, 3.63) is 0 Å². The second-order valence-electron chi connectivity index (χ2n) is 2.07. The van der Waals surface area contributed by atoms with Gasteiger partial charge in [-0.05, 0) is 25.8 Å². The summed E-state index contributed by atoms with van der Waals surface area (Å²) in [5.41, 5.74) is 10.6. The van der Waals surface area contributed by atoms with Gasteiger partial charge < -0.3 is 11.5 Å². The highest BCUT2D eigenvalue weighted by Gasteiger charge is 1.96. The van der Waals surface area contributed by atoms with Gasteiger partial charge in [0.2, 0.25) is 6.08 Å². The first-order chi connectivity index (χ1) is 4.81. The van der Waals surface area contributed by atoms with Gasteiger partial charge in [-0.3, -0.25) is 0 Å². The van der Waals surface area contributed by atoms with Crippen LogP contribution in [-0.4, -0.2) is 18.8 Å². The predicted octanol–water partition coefficient (Wildman–Crippen LogP) is -0.264. The van der Waals surface area contributed by atoms with Crippen molar-refractivity contribution < 1.29 is 4.79 Å². The Morgan fingerprint density at radius 1 is 1.50 bits per heavy atom. The van der Waals surface area contributed by atoms with Crippen LogP contribution in [0.3, 0.4) is 0 Å². The lowest BCUT2D eigenvalue weighted by molar-refractivity contribution is 0.544. The van der Waals surface area contributed by atoms with E-state index in [1.165, 1.54) is 6.08 Å². The van der Waals surface area contributed by atoms with Crippen LogP contribution >= 0.6 is 0 Å². The summed E-state index contributed by atoms with van der Waals surface area (Å²) in [6, 6.07) is 0. The molecule has 0 saturated carbocycles. The predicted molar refractivity (Wildman–Crippen MR) is 39.0 cm³/mol. The van der Waals surface area contributed by atoms with Crippen LogP contribution in [-0.2, 0) is 4.79 Å². The third-order valence-corrected chi connectivity index (χ3v) is 1.17. The normalized spacial score (nSPS) is 12.2. The summed E-state index contributed by atoms with van der Waals surface area (Å²) in [6.45, 7) is 0.664. The van der Waals surface area contributed by atoms with E-state index in [0.717, 1.165) is 12.8 Å². The second kappa shape index (κ2) is 6.42. The van der Waals surface area contributed by atoms with Gasteiger partial charge >= 0.3 is 0 Å². The van der Waals surface area contributed by atoms with Crippen molar-refractivity contribution in [3.63, 3.8) is 0 Å². The van der Waals surface area contributed by atoms with E-state index in [4.69, 9.17) is 11.5 Å². The van der Waals surface area contributed by atoms with Crippen LogP contribution < -0.4 is 11.5 Å². The van der Waals surface area contributed by atoms with Crippen LogP contribution in [0.4, 0.5) is 0 Å². The Morgan fingerprint density at radius 2 is 2.20 bits per heavy atom. The first kappa shape index (κ1) is 9.30. The minimum absolute atomic E-state index is 0.385. The Balaban J connectivity index is 3.21. The minimum atomic E-state index is -0.385. The lowest BCUT2D eigenvalue weighted by atomic mass is 10.2. The molecule has 0 saturated heterocycles. The number of isocyanates is 1. The zero-order valence-electron chi connectivity index (χ0n) is 5.92. The van der Waals surface area contributed by atoms with E-state index >= 15 is 0 Å². The molecule has 4 heteroatoms. The molecule has 0 heterocycles. The van der Waals surface area contributed by atoms with Gasteiger partial charge in [0.25, 0.3) is 0 Å². The Labute approximate surface area is 60.3 Å². The molecule has 1 atom stereocenters. The number of aliphatic imine (C=N–C) groups is 1. The molecule has 4 N–H and O–H groups in total. The number of hydrogen-bond acceptors (Lipinski definition) is 4. The van der Waals surface area contributed by atoms with Crippen LogP contribution in [0.15, 0.2) is 4.99 Å². The SMILES string of the molecule is NCCCCC(N)N=C=O. The van der Waals surface area contributed by atoms with Gasteiger partial charge in [-0.1, -0.05) is 0 Å². The molecular weight excluding hydrogens is 130 g/mol. The van der Waals surface area contributed by atoms with Crippen LogP contribution in [0.25, 0.3) is 0 Å². The summed E-state index contributed by atoms with van der Waals surface area (Å²) in [7, 11) is 0. The monoisotopic (exact) mass is 143 g/mol. The fourth-order valence-electron chi connectivity index (χ4n) is 0.630. The van der Waals surface area contributed by atoms with Crippen molar-refractivity contribution in [3.8, 4) is 0 Å². The Bertz CT molecular complexity index is 120. The highest BCUT2D eigenvalue weighted by atomic mass is 16.1. The van der Waals surface area contributed by atoms with Crippen LogP contribution in [0.5, 0.6) is 0 Å². The third kappa shape index (κ3) is 5.44. The molecule has 0 aliphatic carbocycles. The molecule has 0 aromatic rings. The number of nitrogens with two attached hydrogens (primary N) is 2. The van der Waals surface area contributed by atoms with Crippen molar-refractivity contribution in [2.45, 2.75) is 25.4 Å². The molecule has 10 heavy (non-hydrogen) atoms. The summed E-state index contributed by atoms with van der Waals surface area (Å²) < 4.78 is 0. The van der Waals surface area contributed by atoms with E-state index in [2.05, 4.69) is 4.99 Å². The zero-order valence-corrected chi connectivity index (χ0v) is 5.92. The summed E-state index contributed by atoms with van der Waals surface area (Å²) in [4.78, 5) is 13.0. The summed E-state index contributed by atoms with van der Waals surface area (Å²) >= 11 is 0. The second-order valence-corrected chi connectivity index (χ2v) is 2.07. The molecule has 0 aromatic heterocycles. The average Bonchev–Trinajstić information content (AvgIpc) is 1.89. The quantitative estimate of drug-likeness (QED) is 0.316. The third-order valence-electron chi connectivity index (χ3n) is 1.17. The first-order valence-corrected chi connectivity index (χ1v) is 3.34. The van der Waals surface area contributed by atoms with E-state index in [1.54, 1.807) is 0 Å². The largest absolute Gasteiger partial charge is 0.330 e. The molecular formula is C6H13N3O. The van der Waals surface area contributed by atoms with Crippen LogP contribution in [0, 0.1) is 0 Å². The summed E-state index contributed by atoms with van der Waals surface area (Å²) in [6.07, 6.45) is 3.59. The van der Waals surface area contributed by atoms with Crippen LogP contribution in [0.1, 0.15) is 19.3 Å². The van der Waals surface area contributed by atoms with E-state index in [9.17, 15) is 4.79 Å². The van der Waals surface area contributed by atoms with Gasteiger partial charge in [0.05, 0.1) is 0 Å². The van der Waals surface area contributed by atoms with Gasteiger partial charge in [0.1, 0.15) is 6.17 Å². The molecule has 58 valence electrons. The lowest BCUT2D eigenvalue weighted by Crippen LogP contribution is -2.16. The highest BCUT2D eigenvalue weighted by Crippen LogP contribution is 1.97. The number of rotatable bonds is 5. The average molecular weight is 143 g/mol. The number of unbranched alkanes of at least 4 members (excludes halogenated alkanes) is 1. The van der Waals surface area contributed by atoms with Gasteiger partial charge in [-0.2, -0.15) is 4.99 Å². The number of nitrogens with zero attached hydrogens (tertiary/aromatic N) is 1. The summed E-state index contributed by atoms with van der Waals surface area (Å²) in [5, 5.41) is 0. The van der Waals surface area contributed by atoms with Crippen molar-refractivity contribution in [2.24, 2.45) is 16.5 Å². The molecule has 1 unspecified atom stereocenters. The number of carbonyl (C=O) groups excluding carboxylic acids is 1. The highest BCUT2D eigenvalue weighted by molar-refractivity contribution is 5.33. The smallest absolute Gasteiger partial charge is 0.236 e.